The Kier molecular flexibility index (Phi) is 4.43. The van der Waals surface area contributed by atoms with E-state index in [1.165, 1.54) is 17.6 Å². The van der Waals surface area contributed by atoms with Gasteiger partial charge in [0.25, 0.3) is 5.91 Å². The lowest BCUT2D eigenvalue weighted by Crippen LogP contribution is -2.10. The number of amides is 1. The molecule has 0 fully saturated rings. The minimum Gasteiger partial charge on any atom is -0.478 e. The second-order valence-electron chi connectivity index (χ2n) is 5.91. The maximum Gasteiger partial charge on any atom is 0.335 e. The average Bonchev–Trinajstić information content (AvgIpc) is 3.29. The van der Waals surface area contributed by atoms with E-state index in [0.717, 1.165) is 15.8 Å². The fraction of sp³-hybridized carbons (Fsp3) is 0.0500. The highest BCUT2D eigenvalue weighted by molar-refractivity contribution is 7.15. The van der Waals surface area contributed by atoms with Crippen molar-refractivity contribution in [3.63, 3.8) is 0 Å². The summed E-state index contributed by atoms with van der Waals surface area (Å²) in [5.74, 6) is -1.22. The number of carbonyl (C=O) groups excluding carboxylic acids is 1. The van der Waals surface area contributed by atoms with Crippen molar-refractivity contribution in [2.24, 2.45) is 0 Å². The van der Waals surface area contributed by atoms with Crippen molar-refractivity contribution in [1.29, 1.82) is 0 Å². The zero-order chi connectivity index (χ0) is 18.8. The van der Waals surface area contributed by atoms with Crippen LogP contribution < -0.4 is 5.32 Å². The van der Waals surface area contributed by atoms with Crippen molar-refractivity contribution >= 4 is 39.3 Å². The Balaban J connectivity index is 1.46. The van der Waals surface area contributed by atoms with E-state index in [9.17, 15) is 9.59 Å². The predicted octanol–water partition coefficient (Wildman–Crippen LogP) is 4.43. The summed E-state index contributed by atoms with van der Waals surface area (Å²) in [7, 11) is 0. The number of fused-ring (bicyclic) bond motifs is 1. The molecular weight excluding hydrogens is 364 g/mol. The monoisotopic (exact) mass is 378 g/mol. The van der Waals surface area contributed by atoms with E-state index in [-0.39, 0.29) is 11.5 Å². The lowest BCUT2D eigenvalue weighted by Gasteiger charge is -2.00. The second kappa shape index (κ2) is 7.05. The van der Waals surface area contributed by atoms with Gasteiger partial charge in [-0.2, -0.15) is 0 Å². The van der Waals surface area contributed by atoms with E-state index in [1.54, 1.807) is 30.5 Å². The first-order valence-electron chi connectivity index (χ1n) is 8.14. The third kappa shape index (κ3) is 3.58. The first-order valence-corrected chi connectivity index (χ1v) is 8.96. The topological polar surface area (TPSA) is 92.4 Å². The van der Waals surface area contributed by atoms with E-state index in [1.807, 2.05) is 24.3 Å². The molecule has 6 nitrogen and oxygen atoms in total. The number of aromatic carboxylic acids is 1. The summed E-state index contributed by atoms with van der Waals surface area (Å²) < 4.78 is 5.40. The molecule has 0 aliphatic heterocycles. The molecule has 0 aliphatic carbocycles. The Morgan fingerprint density at radius 2 is 1.89 bits per heavy atom. The summed E-state index contributed by atoms with van der Waals surface area (Å²) in [6, 6.07) is 14.1. The summed E-state index contributed by atoms with van der Waals surface area (Å²) in [4.78, 5) is 28.6. The molecule has 0 unspecified atom stereocenters. The van der Waals surface area contributed by atoms with Gasteiger partial charge in [0.2, 0.25) is 0 Å². The predicted molar refractivity (Wildman–Crippen MR) is 102 cm³/mol. The van der Waals surface area contributed by atoms with Gasteiger partial charge in [-0.05, 0) is 23.8 Å². The molecular formula is C20H14N2O4S. The molecule has 0 saturated heterocycles. The molecule has 2 aromatic heterocycles. The van der Waals surface area contributed by atoms with Gasteiger partial charge in [-0.15, -0.1) is 11.3 Å². The second-order valence-corrected chi connectivity index (χ2v) is 7.03. The van der Waals surface area contributed by atoms with Gasteiger partial charge in [0, 0.05) is 22.9 Å². The number of furan rings is 1. The zero-order valence-electron chi connectivity index (χ0n) is 14.0. The minimum atomic E-state index is -0.948. The molecule has 27 heavy (non-hydrogen) atoms. The van der Waals surface area contributed by atoms with Crippen molar-refractivity contribution in [2.75, 3.05) is 5.32 Å². The summed E-state index contributed by atoms with van der Waals surface area (Å²) in [5, 5.41) is 13.0. The summed E-state index contributed by atoms with van der Waals surface area (Å²) in [6.07, 6.45) is 3.76. The maximum absolute atomic E-state index is 12.5. The van der Waals surface area contributed by atoms with E-state index < -0.39 is 5.97 Å². The number of thiazole rings is 1. The first-order chi connectivity index (χ1) is 13.1. The Morgan fingerprint density at radius 3 is 2.67 bits per heavy atom. The molecule has 0 atom stereocenters. The largest absolute Gasteiger partial charge is 0.478 e. The molecule has 2 N–H and O–H groups in total. The Hall–Kier alpha value is -3.45. The molecule has 4 aromatic rings. The third-order valence-corrected chi connectivity index (χ3v) is 4.99. The van der Waals surface area contributed by atoms with Crippen LogP contribution in [0, 0.1) is 0 Å². The molecule has 2 heterocycles. The van der Waals surface area contributed by atoms with Crippen LogP contribution >= 0.6 is 11.3 Å². The average molecular weight is 378 g/mol. The fourth-order valence-corrected chi connectivity index (χ4v) is 3.57. The third-order valence-electron chi connectivity index (χ3n) is 4.08. The molecule has 0 bridgehead atoms. The van der Waals surface area contributed by atoms with Crippen molar-refractivity contribution in [3.05, 3.63) is 82.6 Å². The number of hydrogen-bond donors (Lipinski definition) is 2. The van der Waals surface area contributed by atoms with Gasteiger partial charge >= 0.3 is 5.97 Å². The molecule has 0 spiro atoms. The molecule has 0 radical (unpaired) electrons. The van der Waals surface area contributed by atoms with E-state index >= 15 is 0 Å². The normalized spacial score (nSPS) is 10.8. The van der Waals surface area contributed by atoms with Crippen LogP contribution in [0.15, 0.2) is 65.4 Å². The number of para-hydroxylation sites is 1. The SMILES string of the molecule is O=C(O)c1ccc(Cc2cnc(NC(=O)c3coc4ccccc34)s2)cc1. The molecule has 0 saturated carbocycles. The van der Waals surface area contributed by atoms with Crippen molar-refractivity contribution in [1.82, 2.24) is 4.98 Å². The molecule has 7 heteroatoms. The standard InChI is InChI=1S/C20H14N2O4S/c23-18(16-11-26-17-4-2-1-3-15(16)17)22-20-21-10-14(27-20)9-12-5-7-13(8-6-12)19(24)25/h1-8,10-11H,9H2,(H,24,25)(H,21,22,23). The Labute approximate surface area is 158 Å². The van der Waals surface area contributed by atoms with Gasteiger partial charge in [0.05, 0.1) is 11.1 Å². The number of hydrogen-bond acceptors (Lipinski definition) is 5. The van der Waals surface area contributed by atoms with E-state index in [0.29, 0.717) is 22.7 Å². The van der Waals surface area contributed by atoms with E-state index in [4.69, 9.17) is 9.52 Å². The van der Waals surface area contributed by atoms with Crippen LogP contribution in [0.4, 0.5) is 5.13 Å². The lowest BCUT2D eigenvalue weighted by molar-refractivity contribution is 0.0696. The van der Waals surface area contributed by atoms with Crippen molar-refractivity contribution in [2.45, 2.75) is 6.42 Å². The number of carboxylic acid groups (broad SMARTS) is 1. The number of anilines is 1. The number of carbonyl (C=O) groups is 2. The van der Waals surface area contributed by atoms with Gasteiger partial charge in [-0.1, -0.05) is 30.3 Å². The van der Waals surface area contributed by atoms with Gasteiger partial charge in [-0.25, -0.2) is 9.78 Å². The van der Waals surface area contributed by atoms with Crippen LogP contribution in [0.5, 0.6) is 0 Å². The molecule has 0 aliphatic rings. The van der Waals surface area contributed by atoms with Gasteiger partial charge in [0.15, 0.2) is 5.13 Å². The number of carboxylic acids is 1. The van der Waals surface area contributed by atoms with E-state index in [2.05, 4.69) is 10.3 Å². The molecule has 2 aromatic carbocycles. The van der Waals surface area contributed by atoms with Crippen LogP contribution in [0.25, 0.3) is 11.0 Å². The fourth-order valence-electron chi connectivity index (χ4n) is 2.73. The number of aromatic nitrogens is 1. The van der Waals surface area contributed by atoms with Crippen LogP contribution in [-0.2, 0) is 6.42 Å². The van der Waals surface area contributed by atoms with Crippen LogP contribution in [0.2, 0.25) is 0 Å². The van der Waals surface area contributed by atoms with Crippen molar-refractivity contribution < 1.29 is 19.1 Å². The maximum atomic E-state index is 12.5. The first kappa shape index (κ1) is 17.0. The quantitative estimate of drug-likeness (QED) is 0.536. The highest BCUT2D eigenvalue weighted by Gasteiger charge is 2.15. The molecule has 1 amide bonds. The Morgan fingerprint density at radius 1 is 1.11 bits per heavy atom. The molecule has 134 valence electrons. The summed E-state index contributed by atoms with van der Waals surface area (Å²) >= 11 is 1.38. The highest BCUT2D eigenvalue weighted by atomic mass is 32.1. The number of nitrogens with zero attached hydrogens (tertiary/aromatic N) is 1. The molecule has 4 rings (SSSR count). The smallest absolute Gasteiger partial charge is 0.335 e. The van der Waals surface area contributed by atoms with Crippen LogP contribution in [0.3, 0.4) is 0 Å². The van der Waals surface area contributed by atoms with Crippen LogP contribution in [-0.4, -0.2) is 22.0 Å². The van der Waals surface area contributed by atoms with Gasteiger partial charge in [-0.3, -0.25) is 10.1 Å². The summed E-state index contributed by atoms with van der Waals surface area (Å²) in [5.41, 5.74) is 2.35. The summed E-state index contributed by atoms with van der Waals surface area (Å²) in [6.45, 7) is 0. The highest BCUT2D eigenvalue weighted by Crippen LogP contribution is 2.25. The van der Waals surface area contributed by atoms with Crippen LogP contribution in [0.1, 0.15) is 31.2 Å². The van der Waals surface area contributed by atoms with Gasteiger partial charge in [0.1, 0.15) is 11.8 Å². The minimum absolute atomic E-state index is 0.253. The van der Waals surface area contributed by atoms with Crippen molar-refractivity contribution in [3.8, 4) is 0 Å². The van der Waals surface area contributed by atoms with Gasteiger partial charge < -0.3 is 9.52 Å². The number of rotatable bonds is 5. The Bertz CT molecular complexity index is 1130. The lowest BCUT2D eigenvalue weighted by atomic mass is 10.1. The zero-order valence-corrected chi connectivity index (χ0v) is 14.8. The number of nitrogens with one attached hydrogen (secondary N) is 1. The number of benzene rings is 2.